The number of nitro groups is 1. The lowest BCUT2D eigenvalue weighted by atomic mass is 9.93. The quantitative estimate of drug-likeness (QED) is 0.526. The summed E-state index contributed by atoms with van der Waals surface area (Å²) in [4.78, 5) is 32.3. The molecule has 0 radical (unpaired) electrons. The lowest BCUT2D eigenvalue weighted by molar-refractivity contribution is -0.384. The van der Waals surface area contributed by atoms with E-state index in [9.17, 15) is 14.9 Å². The molecular weight excluding hydrogens is 408 g/mol. The van der Waals surface area contributed by atoms with E-state index in [0.717, 1.165) is 50.9 Å². The number of nitrogens with two attached hydrogens (primary N) is 1. The Bertz CT molecular complexity index is 952. The lowest BCUT2D eigenvalue weighted by Gasteiger charge is -2.37. The number of nitrogen functional groups attached to an aromatic ring is 1. The Hall–Kier alpha value is -3.20. The van der Waals surface area contributed by atoms with Crippen molar-refractivity contribution in [3.05, 3.63) is 58.3 Å². The highest BCUT2D eigenvalue weighted by molar-refractivity contribution is 5.79. The molecule has 2 fully saturated rings. The zero-order chi connectivity index (χ0) is 22.5. The first kappa shape index (κ1) is 22.0. The van der Waals surface area contributed by atoms with Crippen LogP contribution >= 0.6 is 0 Å². The molecule has 0 spiro atoms. The lowest BCUT2D eigenvalue weighted by Crippen LogP contribution is -2.47. The second-order valence-electron chi connectivity index (χ2n) is 8.66. The highest BCUT2D eigenvalue weighted by atomic mass is 16.6. The third kappa shape index (κ3) is 5.34. The summed E-state index contributed by atoms with van der Waals surface area (Å²) in [6.45, 7) is 4.00. The molecule has 2 aromatic rings. The van der Waals surface area contributed by atoms with Gasteiger partial charge in [0.1, 0.15) is 11.5 Å². The number of aromatic nitrogens is 1. The Balaban J connectivity index is 1.23. The van der Waals surface area contributed by atoms with E-state index in [-0.39, 0.29) is 28.5 Å². The van der Waals surface area contributed by atoms with E-state index in [0.29, 0.717) is 24.6 Å². The summed E-state index contributed by atoms with van der Waals surface area (Å²) in [6.07, 6.45) is 5.05. The summed E-state index contributed by atoms with van der Waals surface area (Å²) in [7, 11) is 0. The van der Waals surface area contributed by atoms with Gasteiger partial charge in [-0.1, -0.05) is 12.1 Å². The highest BCUT2D eigenvalue weighted by Gasteiger charge is 2.31. The van der Waals surface area contributed by atoms with Crippen molar-refractivity contribution in [2.45, 2.75) is 38.3 Å². The van der Waals surface area contributed by atoms with E-state index < -0.39 is 0 Å². The number of amides is 1. The van der Waals surface area contributed by atoms with Crippen LogP contribution < -0.4 is 11.1 Å². The van der Waals surface area contributed by atoms with Gasteiger partial charge in [-0.2, -0.15) is 0 Å². The van der Waals surface area contributed by atoms with Crippen LogP contribution in [-0.4, -0.2) is 57.8 Å². The number of rotatable bonds is 6. The number of likely N-dealkylation sites (tertiary alicyclic amines) is 2. The van der Waals surface area contributed by atoms with E-state index in [1.807, 2.05) is 17.0 Å². The Morgan fingerprint density at radius 2 is 1.84 bits per heavy atom. The van der Waals surface area contributed by atoms with Gasteiger partial charge in [0.2, 0.25) is 5.91 Å². The van der Waals surface area contributed by atoms with E-state index >= 15 is 0 Å². The SMILES string of the molecule is Nc1cc(CN2CCC(C(=O)N3CCC(Nc4ccccc4[N+](=O)[O-])CC3)CC2)ccn1. The van der Waals surface area contributed by atoms with Gasteiger partial charge >= 0.3 is 0 Å². The van der Waals surface area contributed by atoms with Crippen molar-refractivity contribution in [1.82, 2.24) is 14.8 Å². The summed E-state index contributed by atoms with van der Waals surface area (Å²) in [5.74, 6) is 0.864. The Labute approximate surface area is 187 Å². The summed E-state index contributed by atoms with van der Waals surface area (Å²) in [6, 6.07) is 10.7. The van der Waals surface area contributed by atoms with Gasteiger partial charge in [-0.25, -0.2) is 4.98 Å². The predicted molar refractivity (Wildman–Crippen MR) is 123 cm³/mol. The molecule has 0 unspecified atom stereocenters. The summed E-state index contributed by atoms with van der Waals surface area (Å²) >= 11 is 0. The number of carbonyl (C=O) groups excluding carboxylic acids is 1. The molecule has 3 heterocycles. The molecule has 1 aromatic heterocycles. The third-order valence-electron chi connectivity index (χ3n) is 6.46. The molecule has 2 aliphatic heterocycles. The van der Waals surface area contributed by atoms with Crippen LogP contribution in [0.5, 0.6) is 0 Å². The average molecular weight is 439 g/mol. The summed E-state index contributed by atoms with van der Waals surface area (Å²) < 4.78 is 0. The maximum Gasteiger partial charge on any atom is 0.292 e. The van der Waals surface area contributed by atoms with Crippen LogP contribution in [0.2, 0.25) is 0 Å². The molecular formula is C23H30N6O3. The van der Waals surface area contributed by atoms with E-state index in [4.69, 9.17) is 5.73 Å². The number of hydrogen-bond acceptors (Lipinski definition) is 7. The molecule has 0 bridgehead atoms. The van der Waals surface area contributed by atoms with Gasteiger partial charge in [0, 0.05) is 43.9 Å². The van der Waals surface area contributed by atoms with Gasteiger partial charge in [-0.3, -0.25) is 19.8 Å². The van der Waals surface area contributed by atoms with Crippen LogP contribution in [0, 0.1) is 16.0 Å². The topological polar surface area (TPSA) is 118 Å². The molecule has 2 aliphatic rings. The number of nitrogens with zero attached hydrogens (tertiary/aromatic N) is 4. The second kappa shape index (κ2) is 9.95. The largest absolute Gasteiger partial charge is 0.384 e. The zero-order valence-corrected chi connectivity index (χ0v) is 18.2. The summed E-state index contributed by atoms with van der Waals surface area (Å²) in [5, 5.41) is 14.5. The number of para-hydroxylation sites is 2. The van der Waals surface area contributed by atoms with Crippen molar-refractivity contribution in [3.8, 4) is 0 Å². The molecule has 0 aliphatic carbocycles. The minimum Gasteiger partial charge on any atom is -0.384 e. The Morgan fingerprint density at radius 1 is 1.12 bits per heavy atom. The van der Waals surface area contributed by atoms with Crippen molar-refractivity contribution in [3.63, 3.8) is 0 Å². The first-order valence-corrected chi connectivity index (χ1v) is 11.2. The minimum atomic E-state index is -0.364. The molecule has 9 nitrogen and oxygen atoms in total. The highest BCUT2D eigenvalue weighted by Crippen LogP contribution is 2.27. The number of nitrogens with one attached hydrogen (secondary N) is 1. The molecule has 0 atom stereocenters. The number of anilines is 2. The fraction of sp³-hybridized carbons (Fsp3) is 0.478. The monoisotopic (exact) mass is 438 g/mol. The van der Waals surface area contributed by atoms with Crippen LogP contribution in [-0.2, 0) is 11.3 Å². The molecule has 0 saturated carbocycles. The van der Waals surface area contributed by atoms with Gasteiger partial charge in [-0.05, 0) is 62.5 Å². The minimum absolute atomic E-state index is 0.0773. The van der Waals surface area contributed by atoms with Gasteiger partial charge in [0.15, 0.2) is 0 Å². The molecule has 1 aromatic carbocycles. The predicted octanol–water partition coefficient (Wildman–Crippen LogP) is 2.89. The normalized spacial score (nSPS) is 18.4. The maximum atomic E-state index is 13.0. The zero-order valence-electron chi connectivity index (χ0n) is 18.2. The van der Waals surface area contributed by atoms with E-state index in [1.54, 1.807) is 24.4 Å². The van der Waals surface area contributed by atoms with Crippen molar-refractivity contribution in [2.24, 2.45) is 5.92 Å². The number of nitro benzene ring substituents is 1. The van der Waals surface area contributed by atoms with Crippen molar-refractivity contribution >= 4 is 23.1 Å². The Kier molecular flexibility index (Phi) is 6.84. The molecule has 4 rings (SSSR count). The smallest absolute Gasteiger partial charge is 0.292 e. The fourth-order valence-corrected chi connectivity index (χ4v) is 4.67. The third-order valence-corrected chi connectivity index (χ3v) is 6.46. The number of piperidine rings is 2. The van der Waals surface area contributed by atoms with Gasteiger partial charge < -0.3 is 16.0 Å². The first-order chi connectivity index (χ1) is 15.5. The van der Waals surface area contributed by atoms with Crippen LogP contribution in [0.15, 0.2) is 42.6 Å². The standard InChI is InChI=1S/C23H30N6O3/c24-22-15-17(5-10-25-22)16-27-11-6-18(7-12-27)23(30)28-13-8-19(9-14-28)26-20-3-1-2-4-21(20)29(31)32/h1-5,10,15,18-19,26H,6-9,11-14,16H2,(H2,24,25). The van der Waals surface area contributed by atoms with Crippen molar-refractivity contribution in [2.75, 3.05) is 37.2 Å². The fourth-order valence-electron chi connectivity index (χ4n) is 4.67. The van der Waals surface area contributed by atoms with Crippen LogP contribution in [0.4, 0.5) is 17.2 Å². The van der Waals surface area contributed by atoms with Crippen molar-refractivity contribution in [1.29, 1.82) is 0 Å². The van der Waals surface area contributed by atoms with Gasteiger partial charge in [0.25, 0.3) is 5.69 Å². The first-order valence-electron chi connectivity index (χ1n) is 11.2. The number of benzene rings is 1. The number of pyridine rings is 1. The van der Waals surface area contributed by atoms with Crippen molar-refractivity contribution < 1.29 is 9.72 Å². The van der Waals surface area contributed by atoms with Gasteiger partial charge in [0.05, 0.1) is 4.92 Å². The van der Waals surface area contributed by atoms with Gasteiger partial charge in [-0.15, -0.1) is 0 Å². The molecule has 170 valence electrons. The molecule has 1 amide bonds. The second-order valence-corrected chi connectivity index (χ2v) is 8.66. The maximum absolute atomic E-state index is 13.0. The molecule has 32 heavy (non-hydrogen) atoms. The van der Waals surface area contributed by atoms with E-state index in [1.165, 1.54) is 6.07 Å². The van der Waals surface area contributed by atoms with Crippen LogP contribution in [0.3, 0.4) is 0 Å². The Morgan fingerprint density at radius 3 is 2.53 bits per heavy atom. The molecule has 9 heteroatoms. The summed E-state index contributed by atoms with van der Waals surface area (Å²) in [5.41, 5.74) is 7.55. The van der Waals surface area contributed by atoms with Crippen LogP contribution in [0.25, 0.3) is 0 Å². The number of carbonyl (C=O) groups is 1. The van der Waals surface area contributed by atoms with E-state index in [2.05, 4.69) is 15.2 Å². The molecule has 2 saturated heterocycles. The molecule has 3 N–H and O–H groups in total. The number of hydrogen-bond donors (Lipinski definition) is 2. The van der Waals surface area contributed by atoms with Crippen LogP contribution in [0.1, 0.15) is 31.2 Å². The average Bonchev–Trinajstić information content (AvgIpc) is 2.80.